The van der Waals surface area contributed by atoms with Gasteiger partial charge in [0.1, 0.15) is 0 Å². The maximum atomic E-state index is 13.2. The van der Waals surface area contributed by atoms with Gasteiger partial charge in [0.15, 0.2) is 11.5 Å². The molecule has 4 heteroatoms. The Morgan fingerprint density at radius 2 is 1.32 bits per heavy atom. The zero-order valence-electron chi connectivity index (χ0n) is 20.2. The van der Waals surface area contributed by atoms with E-state index in [0.29, 0.717) is 35.0 Å². The Morgan fingerprint density at radius 1 is 0.824 bits per heavy atom. The number of hydrogen-bond donors (Lipinski definition) is 0. The molecule has 0 spiro atoms. The summed E-state index contributed by atoms with van der Waals surface area (Å²) in [4.78, 5) is 26.2. The number of esters is 2. The molecule has 0 radical (unpaired) electrons. The first-order valence-electron chi connectivity index (χ1n) is 12.2. The highest BCUT2D eigenvalue weighted by atomic mass is 16.6. The van der Waals surface area contributed by atoms with E-state index in [9.17, 15) is 9.59 Å². The zero-order chi connectivity index (χ0) is 24.1. The summed E-state index contributed by atoms with van der Waals surface area (Å²) < 4.78 is 12.1. The minimum absolute atomic E-state index is 0.0919. The van der Waals surface area contributed by atoms with E-state index >= 15 is 0 Å². The molecule has 0 amide bonds. The molecular weight excluding hydrogens is 424 g/mol. The van der Waals surface area contributed by atoms with E-state index in [0.717, 1.165) is 24.0 Å². The largest absolute Gasteiger partial charge is 0.419 e. The lowest BCUT2D eigenvalue weighted by atomic mass is 9.85. The molecule has 0 heterocycles. The fraction of sp³-hybridized carbons (Fsp3) is 0.333. The minimum Gasteiger partial charge on any atom is -0.419 e. The van der Waals surface area contributed by atoms with Crippen molar-refractivity contribution in [2.24, 2.45) is 0 Å². The Balaban J connectivity index is 1.86. The lowest BCUT2D eigenvalue weighted by Crippen LogP contribution is -2.17. The van der Waals surface area contributed by atoms with Gasteiger partial charge in [0.2, 0.25) is 0 Å². The van der Waals surface area contributed by atoms with Crippen molar-refractivity contribution in [1.29, 1.82) is 0 Å². The van der Waals surface area contributed by atoms with Crippen LogP contribution in [0.4, 0.5) is 0 Å². The van der Waals surface area contributed by atoms with Gasteiger partial charge >= 0.3 is 11.9 Å². The van der Waals surface area contributed by atoms with Gasteiger partial charge in [0.25, 0.3) is 0 Å². The molecular formula is C30H32O4. The van der Waals surface area contributed by atoms with Crippen LogP contribution in [0.3, 0.4) is 0 Å². The highest BCUT2D eigenvalue weighted by Gasteiger charge is 2.30. The first kappa shape index (κ1) is 23.7. The molecule has 0 bridgehead atoms. The second kappa shape index (κ2) is 10.7. The Labute approximate surface area is 201 Å². The molecule has 3 aromatic carbocycles. The van der Waals surface area contributed by atoms with Crippen LogP contribution in [0, 0.1) is 0 Å². The average molecular weight is 457 g/mol. The number of aryl methyl sites for hydroxylation is 1. The second-order valence-electron chi connectivity index (χ2n) is 9.20. The topological polar surface area (TPSA) is 52.6 Å². The van der Waals surface area contributed by atoms with Crippen molar-refractivity contribution in [2.75, 3.05) is 0 Å². The summed E-state index contributed by atoms with van der Waals surface area (Å²) >= 11 is 0. The third-order valence-corrected chi connectivity index (χ3v) is 6.54. The number of rotatable bonds is 7. The number of carbonyl (C=O) groups is 2. The van der Waals surface area contributed by atoms with Crippen LogP contribution >= 0.6 is 0 Å². The molecule has 0 unspecified atom stereocenters. The molecule has 1 saturated carbocycles. The van der Waals surface area contributed by atoms with Crippen LogP contribution in [-0.2, 0) is 6.42 Å². The van der Waals surface area contributed by atoms with Crippen LogP contribution in [0.25, 0.3) is 0 Å². The van der Waals surface area contributed by atoms with E-state index < -0.39 is 11.9 Å². The van der Waals surface area contributed by atoms with Crippen LogP contribution < -0.4 is 9.47 Å². The highest BCUT2D eigenvalue weighted by Crippen LogP contribution is 2.47. The predicted octanol–water partition coefficient (Wildman–Crippen LogP) is 7.47. The molecule has 4 rings (SSSR count). The van der Waals surface area contributed by atoms with Gasteiger partial charge in [-0.05, 0) is 66.5 Å². The number of ether oxygens (including phenoxy) is 2. The Morgan fingerprint density at radius 3 is 1.79 bits per heavy atom. The lowest BCUT2D eigenvalue weighted by molar-refractivity contribution is 0.0679. The molecule has 34 heavy (non-hydrogen) atoms. The van der Waals surface area contributed by atoms with E-state index in [-0.39, 0.29) is 5.92 Å². The van der Waals surface area contributed by atoms with Gasteiger partial charge in [-0.15, -0.1) is 0 Å². The smallest absolute Gasteiger partial charge is 0.343 e. The van der Waals surface area contributed by atoms with Crippen molar-refractivity contribution in [3.63, 3.8) is 0 Å². The van der Waals surface area contributed by atoms with Crippen molar-refractivity contribution in [3.05, 3.63) is 94.5 Å². The fourth-order valence-electron chi connectivity index (χ4n) is 4.83. The lowest BCUT2D eigenvalue weighted by Gasteiger charge is -2.25. The monoisotopic (exact) mass is 456 g/mol. The average Bonchev–Trinajstić information content (AvgIpc) is 3.40. The van der Waals surface area contributed by atoms with E-state index in [2.05, 4.69) is 19.9 Å². The van der Waals surface area contributed by atoms with Crippen molar-refractivity contribution in [3.8, 4) is 11.5 Å². The van der Waals surface area contributed by atoms with Crippen LogP contribution in [0.15, 0.2) is 66.7 Å². The quantitative estimate of drug-likeness (QED) is 0.273. The van der Waals surface area contributed by atoms with Crippen molar-refractivity contribution in [1.82, 2.24) is 0 Å². The molecule has 0 aromatic heterocycles. The SMILES string of the molecule is CCc1cc(C2CCCC2)c(C(C)C)c(OC(=O)c2ccccc2)c1OC(=O)c1ccccc1. The van der Waals surface area contributed by atoms with E-state index in [1.54, 1.807) is 36.4 Å². The van der Waals surface area contributed by atoms with Crippen LogP contribution in [-0.4, -0.2) is 11.9 Å². The molecule has 0 N–H and O–H groups in total. The molecule has 1 fully saturated rings. The number of carbonyl (C=O) groups excluding carboxylic acids is 2. The molecule has 0 aliphatic heterocycles. The molecule has 4 nitrogen and oxygen atoms in total. The first-order valence-corrected chi connectivity index (χ1v) is 12.2. The Hall–Kier alpha value is -3.40. The van der Waals surface area contributed by atoms with Crippen LogP contribution in [0.5, 0.6) is 11.5 Å². The summed E-state index contributed by atoms with van der Waals surface area (Å²) in [5.41, 5.74) is 3.98. The maximum absolute atomic E-state index is 13.2. The van der Waals surface area contributed by atoms with E-state index in [1.165, 1.54) is 18.4 Å². The molecule has 0 atom stereocenters. The van der Waals surface area contributed by atoms with Gasteiger partial charge in [-0.1, -0.05) is 76.1 Å². The van der Waals surface area contributed by atoms with Gasteiger partial charge in [0, 0.05) is 5.56 Å². The van der Waals surface area contributed by atoms with E-state index in [4.69, 9.17) is 9.47 Å². The fourth-order valence-corrected chi connectivity index (χ4v) is 4.83. The molecule has 3 aromatic rings. The Kier molecular flexibility index (Phi) is 7.46. The van der Waals surface area contributed by atoms with Crippen molar-refractivity contribution < 1.29 is 19.1 Å². The summed E-state index contributed by atoms with van der Waals surface area (Å²) in [5, 5.41) is 0. The van der Waals surface area contributed by atoms with Crippen LogP contribution in [0.2, 0.25) is 0 Å². The summed E-state index contributed by atoms with van der Waals surface area (Å²) in [7, 11) is 0. The standard InChI is InChI=1S/C30H32O4/c1-4-21-19-25(22-13-11-12-14-22)26(20(2)3)28(34-30(32)24-17-9-6-10-18-24)27(21)33-29(31)23-15-7-5-8-16-23/h5-10,15-20,22H,4,11-14H2,1-3H3. The summed E-state index contributed by atoms with van der Waals surface area (Å²) in [6, 6.07) is 20.0. The summed E-state index contributed by atoms with van der Waals surface area (Å²) in [6.45, 7) is 6.23. The number of benzene rings is 3. The third kappa shape index (κ3) is 5.06. The van der Waals surface area contributed by atoms with Crippen molar-refractivity contribution >= 4 is 11.9 Å². The van der Waals surface area contributed by atoms with Crippen molar-refractivity contribution in [2.45, 2.75) is 64.7 Å². The molecule has 0 saturated heterocycles. The molecule has 176 valence electrons. The van der Waals surface area contributed by atoms with Gasteiger partial charge < -0.3 is 9.47 Å². The highest BCUT2D eigenvalue weighted by molar-refractivity contribution is 5.94. The van der Waals surface area contributed by atoms with Gasteiger partial charge in [-0.3, -0.25) is 0 Å². The first-order chi connectivity index (χ1) is 16.5. The molecule has 1 aliphatic carbocycles. The van der Waals surface area contributed by atoms with Crippen LogP contribution in [0.1, 0.15) is 95.7 Å². The van der Waals surface area contributed by atoms with Gasteiger partial charge in [0.05, 0.1) is 11.1 Å². The van der Waals surface area contributed by atoms with Gasteiger partial charge in [-0.2, -0.15) is 0 Å². The normalized spacial score (nSPS) is 13.8. The summed E-state index contributed by atoms with van der Waals surface area (Å²) in [6.07, 6.45) is 5.31. The molecule has 1 aliphatic rings. The van der Waals surface area contributed by atoms with Gasteiger partial charge in [-0.25, -0.2) is 9.59 Å². The zero-order valence-corrected chi connectivity index (χ0v) is 20.2. The Bertz CT molecular complexity index is 1140. The second-order valence-corrected chi connectivity index (χ2v) is 9.20. The van der Waals surface area contributed by atoms with E-state index in [1.807, 2.05) is 31.2 Å². The maximum Gasteiger partial charge on any atom is 0.343 e. The third-order valence-electron chi connectivity index (χ3n) is 6.54. The minimum atomic E-state index is -0.462. The predicted molar refractivity (Wildman–Crippen MR) is 134 cm³/mol. The number of hydrogen-bond acceptors (Lipinski definition) is 4. The summed E-state index contributed by atoms with van der Waals surface area (Å²) in [5.74, 6) is 0.339.